The Morgan fingerprint density at radius 3 is 2.59 bits per heavy atom. The van der Waals surface area contributed by atoms with E-state index in [1.807, 2.05) is 37.3 Å². The number of carbonyl (C=O) groups excluding carboxylic acids is 1. The van der Waals surface area contributed by atoms with Crippen LogP contribution in [0.4, 0.5) is 4.79 Å². The molecule has 0 aromatic heterocycles. The van der Waals surface area contributed by atoms with E-state index < -0.39 is 18.2 Å². The fourth-order valence-corrected chi connectivity index (χ4v) is 3.35. The Labute approximate surface area is 178 Å². The summed E-state index contributed by atoms with van der Waals surface area (Å²) in [5.41, 5.74) is 2.25. The fraction of sp³-hybridized carbons (Fsp3) is 0.435. The molecular formula is C23H31ClN2O3. The summed E-state index contributed by atoms with van der Waals surface area (Å²) in [5.74, 6) is 0. The van der Waals surface area contributed by atoms with Crippen LogP contribution >= 0.6 is 11.6 Å². The Kier molecular flexibility index (Phi) is 9.45. The van der Waals surface area contributed by atoms with E-state index in [1.165, 1.54) is 0 Å². The van der Waals surface area contributed by atoms with Gasteiger partial charge < -0.3 is 20.1 Å². The van der Waals surface area contributed by atoms with Gasteiger partial charge >= 0.3 is 6.09 Å². The number of carbonyl (C=O) groups is 1. The molecule has 2 rings (SSSR count). The molecule has 0 spiro atoms. The number of aliphatic hydroxyl groups is 1. The van der Waals surface area contributed by atoms with Gasteiger partial charge in [-0.25, -0.2) is 4.79 Å². The molecule has 0 aliphatic carbocycles. The molecule has 2 N–H and O–H groups in total. The maximum atomic E-state index is 12.4. The lowest BCUT2D eigenvalue weighted by atomic mass is 10.0. The summed E-state index contributed by atoms with van der Waals surface area (Å²) < 4.78 is 5.35. The first kappa shape index (κ1) is 23.2. The zero-order valence-electron chi connectivity index (χ0n) is 17.2. The maximum Gasteiger partial charge on any atom is 0.407 e. The third kappa shape index (κ3) is 7.69. The SMILES string of the molecule is C=C(C)/C(Cl)=C\C(=C/C)[C@@H](O)[C@@H](CN1CCCC1)NC(=O)OCc1ccccc1. The minimum absolute atomic E-state index is 0.178. The van der Waals surface area contributed by atoms with Crippen LogP contribution in [0.2, 0.25) is 0 Å². The summed E-state index contributed by atoms with van der Waals surface area (Å²) in [7, 11) is 0. The molecule has 0 bridgehead atoms. The highest BCUT2D eigenvalue weighted by Gasteiger charge is 2.27. The van der Waals surface area contributed by atoms with Gasteiger partial charge in [-0.15, -0.1) is 0 Å². The van der Waals surface area contributed by atoms with Crippen LogP contribution in [-0.2, 0) is 11.3 Å². The number of benzene rings is 1. The summed E-state index contributed by atoms with van der Waals surface area (Å²) in [4.78, 5) is 14.6. The van der Waals surface area contributed by atoms with Crippen LogP contribution in [0.5, 0.6) is 0 Å². The molecule has 1 aliphatic heterocycles. The Bertz CT molecular complexity index is 740. The van der Waals surface area contributed by atoms with Gasteiger partial charge in [0.2, 0.25) is 0 Å². The highest BCUT2D eigenvalue weighted by atomic mass is 35.5. The van der Waals surface area contributed by atoms with Crippen molar-refractivity contribution < 1.29 is 14.6 Å². The number of amides is 1. The van der Waals surface area contributed by atoms with Crippen molar-refractivity contribution in [3.63, 3.8) is 0 Å². The van der Waals surface area contributed by atoms with Gasteiger partial charge in [0.1, 0.15) is 12.7 Å². The molecule has 1 aromatic carbocycles. The van der Waals surface area contributed by atoms with Crippen molar-refractivity contribution in [1.82, 2.24) is 10.2 Å². The Hall–Kier alpha value is -2.08. The van der Waals surface area contributed by atoms with Crippen LogP contribution in [0.3, 0.4) is 0 Å². The second kappa shape index (κ2) is 11.8. The van der Waals surface area contributed by atoms with Crippen LogP contribution in [0.15, 0.2) is 65.2 Å². The van der Waals surface area contributed by atoms with Crippen LogP contribution in [0.1, 0.15) is 32.3 Å². The van der Waals surface area contributed by atoms with Gasteiger partial charge in [0.25, 0.3) is 0 Å². The molecule has 1 aromatic rings. The second-order valence-corrected chi connectivity index (χ2v) is 7.73. The van der Waals surface area contributed by atoms with E-state index in [1.54, 1.807) is 19.1 Å². The van der Waals surface area contributed by atoms with Crippen LogP contribution in [-0.4, -0.2) is 47.9 Å². The van der Waals surface area contributed by atoms with Gasteiger partial charge in [0.15, 0.2) is 0 Å². The first-order valence-corrected chi connectivity index (χ1v) is 10.4. The number of likely N-dealkylation sites (tertiary alicyclic amines) is 1. The summed E-state index contributed by atoms with van der Waals surface area (Å²) in [6, 6.07) is 8.97. The number of nitrogens with one attached hydrogen (secondary N) is 1. The van der Waals surface area contributed by atoms with Crippen molar-refractivity contribution in [3.05, 3.63) is 70.8 Å². The quantitative estimate of drug-likeness (QED) is 0.584. The predicted molar refractivity (Wildman–Crippen MR) is 118 cm³/mol. The number of allylic oxidation sites excluding steroid dienone is 3. The number of halogens is 1. The van der Waals surface area contributed by atoms with Gasteiger partial charge in [-0.1, -0.05) is 54.6 Å². The monoisotopic (exact) mass is 418 g/mol. The summed E-state index contributed by atoms with van der Waals surface area (Å²) >= 11 is 6.22. The summed E-state index contributed by atoms with van der Waals surface area (Å²) in [5, 5.41) is 14.3. The zero-order valence-corrected chi connectivity index (χ0v) is 18.0. The molecule has 0 radical (unpaired) electrons. The molecule has 2 atom stereocenters. The number of alkyl carbamates (subject to hydrolysis) is 1. The van der Waals surface area contributed by atoms with Crippen LogP contribution in [0.25, 0.3) is 0 Å². The smallest absolute Gasteiger partial charge is 0.407 e. The number of aliphatic hydroxyl groups excluding tert-OH is 1. The molecule has 1 aliphatic rings. The van der Waals surface area contributed by atoms with Crippen LogP contribution in [0, 0.1) is 0 Å². The molecule has 1 saturated heterocycles. The normalized spacial score (nSPS) is 17.7. The second-order valence-electron chi connectivity index (χ2n) is 7.33. The van der Waals surface area contributed by atoms with E-state index in [2.05, 4.69) is 16.8 Å². The van der Waals surface area contributed by atoms with E-state index >= 15 is 0 Å². The molecule has 29 heavy (non-hydrogen) atoms. The average Bonchev–Trinajstić information content (AvgIpc) is 3.23. The summed E-state index contributed by atoms with van der Waals surface area (Å²) in [6.45, 7) is 10.1. The number of ether oxygens (including phenoxy) is 1. The first-order chi connectivity index (χ1) is 13.9. The van der Waals surface area contributed by atoms with E-state index in [0.29, 0.717) is 22.7 Å². The average molecular weight is 419 g/mol. The largest absolute Gasteiger partial charge is 0.445 e. The maximum absolute atomic E-state index is 12.4. The molecule has 0 unspecified atom stereocenters. The fourth-order valence-electron chi connectivity index (χ4n) is 3.23. The van der Waals surface area contributed by atoms with Crippen molar-refractivity contribution in [2.24, 2.45) is 0 Å². The van der Waals surface area contributed by atoms with E-state index in [-0.39, 0.29) is 6.61 Å². The topological polar surface area (TPSA) is 61.8 Å². The lowest BCUT2D eigenvalue weighted by molar-refractivity contribution is 0.105. The van der Waals surface area contributed by atoms with E-state index in [0.717, 1.165) is 31.5 Å². The van der Waals surface area contributed by atoms with Crippen molar-refractivity contribution in [1.29, 1.82) is 0 Å². The molecule has 1 fully saturated rings. The number of hydrogen-bond acceptors (Lipinski definition) is 4. The minimum atomic E-state index is -0.919. The van der Waals surface area contributed by atoms with Gasteiger partial charge in [-0.2, -0.15) is 0 Å². The highest BCUT2D eigenvalue weighted by Crippen LogP contribution is 2.20. The Morgan fingerprint density at radius 1 is 1.34 bits per heavy atom. The zero-order chi connectivity index (χ0) is 21.2. The van der Waals surface area contributed by atoms with E-state index in [4.69, 9.17) is 16.3 Å². The third-order valence-electron chi connectivity index (χ3n) is 4.93. The van der Waals surface area contributed by atoms with Crippen LogP contribution < -0.4 is 5.32 Å². The van der Waals surface area contributed by atoms with E-state index in [9.17, 15) is 9.90 Å². The summed E-state index contributed by atoms with van der Waals surface area (Å²) in [6.07, 6.45) is 4.27. The van der Waals surface area contributed by atoms with Crippen molar-refractivity contribution in [2.75, 3.05) is 19.6 Å². The molecule has 1 amide bonds. The predicted octanol–water partition coefficient (Wildman–Crippen LogP) is 4.38. The van der Waals surface area contributed by atoms with Gasteiger partial charge in [0, 0.05) is 11.6 Å². The molecule has 6 heteroatoms. The lowest BCUT2D eigenvalue weighted by Gasteiger charge is -2.29. The first-order valence-electron chi connectivity index (χ1n) is 9.97. The van der Waals surface area contributed by atoms with Gasteiger partial charge in [0.05, 0.1) is 6.04 Å². The highest BCUT2D eigenvalue weighted by molar-refractivity contribution is 6.32. The Morgan fingerprint density at radius 2 is 2.00 bits per heavy atom. The van der Waals surface area contributed by atoms with Crippen molar-refractivity contribution in [3.8, 4) is 0 Å². The van der Waals surface area contributed by atoms with Crippen molar-refractivity contribution in [2.45, 2.75) is 45.4 Å². The molecule has 5 nitrogen and oxygen atoms in total. The Balaban J connectivity index is 2.07. The number of hydrogen-bond donors (Lipinski definition) is 2. The van der Waals surface area contributed by atoms with Crippen molar-refractivity contribution >= 4 is 17.7 Å². The standard InChI is InChI=1S/C23H31ClN2O3/c1-4-19(14-20(24)17(2)3)22(27)21(15-26-12-8-9-13-26)25-23(28)29-16-18-10-6-5-7-11-18/h4-7,10-11,14,21-22,27H,2,8-9,12-13,15-16H2,1,3H3,(H,25,28)/b19-4+,20-14+/t21-,22-/m1/s1. The van der Waals surface area contributed by atoms with Gasteiger partial charge in [-0.05, 0) is 62.6 Å². The molecule has 158 valence electrons. The minimum Gasteiger partial charge on any atom is -0.445 e. The molecule has 0 saturated carbocycles. The number of rotatable bonds is 9. The molecule has 1 heterocycles. The number of nitrogens with zero attached hydrogens (tertiary/aromatic N) is 1. The van der Waals surface area contributed by atoms with Gasteiger partial charge in [-0.3, -0.25) is 0 Å². The molecular weight excluding hydrogens is 388 g/mol. The lowest BCUT2D eigenvalue weighted by Crippen LogP contribution is -2.50. The third-order valence-corrected chi connectivity index (χ3v) is 5.36.